The van der Waals surface area contributed by atoms with Crippen LogP contribution in [0.1, 0.15) is 30.0 Å². The van der Waals surface area contributed by atoms with Crippen LogP contribution in [0.2, 0.25) is 0 Å². The van der Waals surface area contributed by atoms with Crippen LogP contribution in [0.25, 0.3) is 0 Å². The summed E-state index contributed by atoms with van der Waals surface area (Å²) in [5, 5.41) is 9.08. The Morgan fingerprint density at radius 1 is 0.742 bits per heavy atom. The first kappa shape index (κ1) is 22.5. The highest BCUT2D eigenvalue weighted by Crippen LogP contribution is 2.43. The van der Waals surface area contributed by atoms with E-state index in [0.717, 1.165) is 29.5 Å². The van der Waals surface area contributed by atoms with Gasteiger partial charge in [-0.15, -0.1) is 0 Å². The minimum atomic E-state index is 0.159. The predicted octanol–water partition coefficient (Wildman–Crippen LogP) is 5.56. The number of hydrogen-bond donors (Lipinski definition) is 1. The van der Waals surface area contributed by atoms with Crippen molar-refractivity contribution in [1.29, 1.82) is 0 Å². The molecule has 0 aliphatic heterocycles. The molecule has 0 aromatic heterocycles. The van der Waals surface area contributed by atoms with Crippen molar-refractivity contribution in [3.05, 3.63) is 77.4 Å². The molecule has 0 amide bonds. The molecule has 0 aliphatic rings. The number of ether oxygens (including phenoxy) is 4. The van der Waals surface area contributed by atoms with Crippen molar-refractivity contribution >= 4 is 0 Å². The van der Waals surface area contributed by atoms with Crippen molar-refractivity contribution in [2.24, 2.45) is 0 Å². The average Bonchev–Trinajstić information content (AvgIpc) is 2.82. The summed E-state index contributed by atoms with van der Waals surface area (Å²) in [6, 6.07) is 19.7. The van der Waals surface area contributed by atoms with E-state index < -0.39 is 0 Å². The van der Waals surface area contributed by atoms with E-state index in [1.54, 1.807) is 14.2 Å². The third kappa shape index (κ3) is 5.92. The zero-order chi connectivity index (χ0) is 22.1. The lowest BCUT2D eigenvalue weighted by molar-refractivity contribution is 0.269. The molecule has 1 N–H and O–H groups in total. The maximum Gasteiger partial charge on any atom is 0.204 e. The molecule has 0 saturated heterocycles. The molecule has 0 heterocycles. The van der Waals surface area contributed by atoms with E-state index in [9.17, 15) is 0 Å². The number of aliphatic hydroxyl groups excluding tert-OH is 1. The highest BCUT2D eigenvalue weighted by Gasteiger charge is 2.17. The Labute approximate surface area is 184 Å². The van der Waals surface area contributed by atoms with Crippen LogP contribution in [0.4, 0.5) is 0 Å². The van der Waals surface area contributed by atoms with Crippen LogP contribution in [-0.2, 0) is 19.4 Å². The molecule has 0 fully saturated rings. The molecule has 0 unspecified atom stereocenters. The lowest BCUT2D eigenvalue weighted by Gasteiger charge is -2.18. The lowest BCUT2D eigenvalue weighted by atomic mass is 10.1. The van der Waals surface area contributed by atoms with Crippen LogP contribution < -0.4 is 18.9 Å². The smallest absolute Gasteiger partial charge is 0.204 e. The normalized spacial score (nSPS) is 10.6. The summed E-state index contributed by atoms with van der Waals surface area (Å²) in [6.07, 6.45) is 2.32. The average molecular weight is 423 g/mol. The van der Waals surface area contributed by atoms with Gasteiger partial charge in [-0.3, -0.25) is 0 Å². The van der Waals surface area contributed by atoms with Crippen LogP contribution in [-0.4, -0.2) is 25.9 Å². The number of aliphatic hydroxyl groups is 1. The second kappa shape index (κ2) is 11.3. The highest BCUT2D eigenvalue weighted by molar-refractivity contribution is 5.56. The highest BCUT2D eigenvalue weighted by atomic mass is 16.5. The summed E-state index contributed by atoms with van der Waals surface area (Å²) in [7, 11) is 3.25. The Morgan fingerprint density at radius 3 is 2.13 bits per heavy atom. The molecule has 0 atom stereocenters. The van der Waals surface area contributed by atoms with Gasteiger partial charge in [-0.1, -0.05) is 43.3 Å². The van der Waals surface area contributed by atoms with Crippen molar-refractivity contribution in [2.45, 2.75) is 32.8 Å². The molecule has 5 nitrogen and oxygen atoms in total. The van der Waals surface area contributed by atoms with Crippen LogP contribution in [0.5, 0.6) is 28.7 Å². The van der Waals surface area contributed by atoms with Gasteiger partial charge in [0.2, 0.25) is 5.75 Å². The third-order valence-electron chi connectivity index (χ3n) is 5.01. The van der Waals surface area contributed by atoms with E-state index in [-0.39, 0.29) is 6.61 Å². The number of hydrogen-bond acceptors (Lipinski definition) is 5. The summed E-state index contributed by atoms with van der Waals surface area (Å²) in [6.45, 7) is 2.64. The Balaban J connectivity index is 1.93. The van der Waals surface area contributed by atoms with E-state index in [4.69, 9.17) is 24.1 Å². The molecule has 3 aromatic carbocycles. The maximum atomic E-state index is 9.08. The number of benzene rings is 3. The van der Waals surface area contributed by atoms with Crippen LogP contribution in [0, 0.1) is 0 Å². The Morgan fingerprint density at radius 2 is 1.45 bits per heavy atom. The number of aryl methyl sites for hydroxylation is 2. The van der Waals surface area contributed by atoms with Gasteiger partial charge in [0.25, 0.3) is 0 Å². The Hall–Kier alpha value is -3.18. The fourth-order valence-corrected chi connectivity index (χ4v) is 3.29. The van der Waals surface area contributed by atoms with E-state index in [2.05, 4.69) is 6.92 Å². The predicted molar refractivity (Wildman–Crippen MR) is 122 cm³/mol. The van der Waals surface area contributed by atoms with Crippen molar-refractivity contribution in [2.75, 3.05) is 20.8 Å². The topological polar surface area (TPSA) is 57.2 Å². The first-order valence-corrected chi connectivity index (χ1v) is 10.5. The van der Waals surface area contributed by atoms with E-state index in [0.29, 0.717) is 41.8 Å². The summed E-state index contributed by atoms with van der Waals surface area (Å²) >= 11 is 0. The van der Waals surface area contributed by atoms with E-state index >= 15 is 0 Å². The molecular weight excluding hydrogens is 392 g/mol. The summed E-state index contributed by atoms with van der Waals surface area (Å²) in [4.78, 5) is 0. The number of methoxy groups -OCH3 is 2. The zero-order valence-electron chi connectivity index (χ0n) is 18.4. The molecule has 3 aromatic rings. The minimum absolute atomic E-state index is 0.159. The Kier molecular flexibility index (Phi) is 8.19. The standard InChI is InChI=1S/C26H30O5/c1-4-19-15-24(29-3)26(30-18-21-9-6-5-7-10-21)25(16-19)31-22-13-12-20(11-8-14-27)17-23(22)28-2/h5-7,9-10,12-13,15-17,27H,4,8,11,14,18H2,1-3H3. The van der Waals surface area contributed by atoms with Gasteiger partial charge < -0.3 is 24.1 Å². The van der Waals surface area contributed by atoms with Crippen molar-refractivity contribution in [3.8, 4) is 28.7 Å². The molecule has 0 radical (unpaired) electrons. The van der Waals surface area contributed by atoms with Crippen molar-refractivity contribution in [1.82, 2.24) is 0 Å². The monoisotopic (exact) mass is 422 g/mol. The minimum Gasteiger partial charge on any atom is -0.493 e. The fourth-order valence-electron chi connectivity index (χ4n) is 3.29. The molecule has 5 heteroatoms. The van der Waals surface area contributed by atoms with Crippen LogP contribution >= 0.6 is 0 Å². The molecule has 0 saturated carbocycles. The second-order valence-corrected chi connectivity index (χ2v) is 7.17. The van der Waals surface area contributed by atoms with E-state index in [1.807, 2.05) is 60.7 Å². The van der Waals surface area contributed by atoms with Gasteiger partial charge in [0.1, 0.15) is 6.61 Å². The summed E-state index contributed by atoms with van der Waals surface area (Å²) in [5.41, 5.74) is 3.22. The van der Waals surface area contributed by atoms with Gasteiger partial charge in [0, 0.05) is 6.61 Å². The molecule has 164 valence electrons. The largest absolute Gasteiger partial charge is 0.493 e. The quantitative estimate of drug-likeness (QED) is 0.438. The van der Waals surface area contributed by atoms with Crippen LogP contribution in [0.3, 0.4) is 0 Å². The molecule has 0 bridgehead atoms. The summed E-state index contributed by atoms with van der Waals surface area (Å²) in [5.74, 6) is 2.98. The zero-order valence-corrected chi connectivity index (χ0v) is 18.4. The fraction of sp³-hybridized carbons (Fsp3) is 0.308. The van der Waals surface area contributed by atoms with Crippen molar-refractivity contribution in [3.63, 3.8) is 0 Å². The van der Waals surface area contributed by atoms with Crippen molar-refractivity contribution < 1.29 is 24.1 Å². The van der Waals surface area contributed by atoms with Gasteiger partial charge in [-0.25, -0.2) is 0 Å². The van der Waals surface area contributed by atoms with E-state index in [1.165, 1.54) is 0 Å². The SMILES string of the molecule is CCc1cc(OC)c(OCc2ccccc2)c(Oc2ccc(CCCO)cc2OC)c1. The van der Waals surface area contributed by atoms with Gasteiger partial charge in [0.15, 0.2) is 23.0 Å². The maximum absolute atomic E-state index is 9.08. The molecular formula is C26H30O5. The van der Waals surface area contributed by atoms with Crippen LogP contribution in [0.15, 0.2) is 60.7 Å². The lowest BCUT2D eigenvalue weighted by Crippen LogP contribution is -2.02. The molecule has 3 rings (SSSR count). The molecule has 0 aliphatic carbocycles. The first-order chi connectivity index (χ1) is 15.2. The third-order valence-corrected chi connectivity index (χ3v) is 5.01. The molecule has 0 spiro atoms. The molecule has 31 heavy (non-hydrogen) atoms. The van der Waals surface area contributed by atoms with Gasteiger partial charge in [0.05, 0.1) is 14.2 Å². The number of rotatable bonds is 11. The Bertz CT molecular complexity index is 969. The van der Waals surface area contributed by atoms with Gasteiger partial charge in [-0.05, 0) is 60.2 Å². The first-order valence-electron chi connectivity index (χ1n) is 10.5. The van der Waals surface area contributed by atoms with Gasteiger partial charge in [-0.2, -0.15) is 0 Å². The summed E-state index contributed by atoms with van der Waals surface area (Å²) < 4.78 is 23.6. The van der Waals surface area contributed by atoms with Gasteiger partial charge >= 0.3 is 0 Å². The second-order valence-electron chi connectivity index (χ2n) is 7.17.